The summed E-state index contributed by atoms with van der Waals surface area (Å²) < 4.78 is 0. The molecule has 0 saturated heterocycles. The number of pyridine rings is 1. The number of hydrogen-bond donors (Lipinski definition) is 1. The summed E-state index contributed by atoms with van der Waals surface area (Å²) in [5, 5.41) is 4.10. The molecule has 0 atom stereocenters. The van der Waals surface area contributed by atoms with Crippen molar-refractivity contribution in [3.8, 4) is 0 Å². The average Bonchev–Trinajstić information content (AvgIpc) is 2.36. The van der Waals surface area contributed by atoms with Gasteiger partial charge < -0.3 is 15.1 Å². The molecule has 0 aliphatic carbocycles. The van der Waals surface area contributed by atoms with Gasteiger partial charge >= 0.3 is 0 Å². The van der Waals surface area contributed by atoms with E-state index in [-0.39, 0.29) is 0 Å². The number of nitrogens with zero attached hydrogens (tertiary/aromatic N) is 3. The van der Waals surface area contributed by atoms with Crippen molar-refractivity contribution >= 4 is 17.3 Å². The Labute approximate surface area is 115 Å². The molecule has 100 valence electrons. The summed E-state index contributed by atoms with van der Waals surface area (Å²) in [4.78, 5) is 8.31. The zero-order valence-corrected chi connectivity index (χ0v) is 12.2. The largest absolute Gasteiger partial charge is 0.361 e. The first-order valence-electron chi connectivity index (χ1n) is 6.20. The van der Waals surface area contributed by atoms with Gasteiger partial charge in [-0.25, -0.2) is 0 Å². The van der Waals surface area contributed by atoms with E-state index in [4.69, 9.17) is 12.2 Å². The summed E-state index contributed by atoms with van der Waals surface area (Å²) in [6.45, 7) is 5.69. The smallest absolute Gasteiger partial charge is 0.169 e. The third-order valence-electron chi connectivity index (χ3n) is 2.63. The molecule has 1 aromatic rings. The number of likely N-dealkylation sites (N-methyl/N-ethyl adjacent to an activating group) is 1. The molecule has 1 rings (SSSR count). The van der Waals surface area contributed by atoms with E-state index >= 15 is 0 Å². The Morgan fingerprint density at radius 2 is 2.00 bits per heavy atom. The minimum Gasteiger partial charge on any atom is -0.361 e. The lowest BCUT2D eigenvalue weighted by Gasteiger charge is -2.25. The molecule has 5 heteroatoms. The summed E-state index contributed by atoms with van der Waals surface area (Å²) in [6, 6.07) is 4.04. The van der Waals surface area contributed by atoms with Crippen LogP contribution in [0.3, 0.4) is 0 Å². The first kappa shape index (κ1) is 14.9. The summed E-state index contributed by atoms with van der Waals surface area (Å²) >= 11 is 5.41. The third-order valence-corrected chi connectivity index (χ3v) is 3.03. The second-order valence-corrected chi connectivity index (χ2v) is 4.79. The van der Waals surface area contributed by atoms with Gasteiger partial charge in [0, 0.05) is 38.6 Å². The lowest BCUT2D eigenvalue weighted by Crippen LogP contribution is -2.41. The van der Waals surface area contributed by atoms with E-state index in [1.54, 1.807) is 0 Å². The van der Waals surface area contributed by atoms with Gasteiger partial charge in [-0.05, 0) is 50.9 Å². The number of hydrogen-bond acceptors (Lipinski definition) is 3. The molecule has 0 radical (unpaired) electrons. The van der Waals surface area contributed by atoms with Crippen LogP contribution < -0.4 is 5.32 Å². The van der Waals surface area contributed by atoms with Crippen LogP contribution >= 0.6 is 12.2 Å². The second kappa shape index (κ2) is 8.00. The van der Waals surface area contributed by atoms with Crippen LogP contribution in [-0.4, -0.2) is 53.6 Å². The molecule has 18 heavy (non-hydrogen) atoms. The highest BCUT2D eigenvalue weighted by Crippen LogP contribution is 2.03. The molecule has 0 unspecified atom stereocenters. The Hall–Kier alpha value is -1.20. The van der Waals surface area contributed by atoms with Gasteiger partial charge in [-0.15, -0.1) is 0 Å². The van der Waals surface area contributed by atoms with Crippen LogP contribution in [0.15, 0.2) is 24.5 Å². The molecule has 0 aromatic carbocycles. The van der Waals surface area contributed by atoms with Crippen molar-refractivity contribution in [2.45, 2.75) is 13.5 Å². The quantitative estimate of drug-likeness (QED) is 0.785. The van der Waals surface area contributed by atoms with E-state index in [9.17, 15) is 0 Å². The molecule has 0 aliphatic heterocycles. The fourth-order valence-electron chi connectivity index (χ4n) is 1.53. The highest BCUT2D eigenvalue weighted by Gasteiger charge is 2.07. The molecule has 0 amide bonds. The van der Waals surface area contributed by atoms with E-state index in [1.165, 1.54) is 5.56 Å². The summed E-state index contributed by atoms with van der Waals surface area (Å²) in [7, 11) is 4.11. The van der Waals surface area contributed by atoms with Crippen LogP contribution in [0.4, 0.5) is 0 Å². The number of aromatic nitrogens is 1. The van der Waals surface area contributed by atoms with Gasteiger partial charge in [0.1, 0.15) is 0 Å². The van der Waals surface area contributed by atoms with E-state index in [0.29, 0.717) is 0 Å². The third kappa shape index (κ3) is 5.42. The van der Waals surface area contributed by atoms with Crippen LogP contribution in [0.2, 0.25) is 0 Å². The first-order valence-corrected chi connectivity index (χ1v) is 6.60. The summed E-state index contributed by atoms with van der Waals surface area (Å²) in [6.07, 6.45) is 3.62. The van der Waals surface area contributed by atoms with Crippen LogP contribution in [0.1, 0.15) is 12.5 Å². The second-order valence-electron chi connectivity index (χ2n) is 4.40. The fourth-order valence-corrected chi connectivity index (χ4v) is 1.83. The van der Waals surface area contributed by atoms with E-state index in [2.05, 4.69) is 41.1 Å². The Morgan fingerprint density at radius 3 is 2.56 bits per heavy atom. The highest BCUT2D eigenvalue weighted by atomic mass is 32.1. The maximum Gasteiger partial charge on any atom is 0.169 e. The maximum absolute atomic E-state index is 5.41. The molecule has 1 N–H and O–H groups in total. The van der Waals surface area contributed by atoms with Crippen molar-refractivity contribution < 1.29 is 0 Å². The monoisotopic (exact) mass is 266 g/mol. The van der Waals surface area contributed by atoms with Crippen molar-refractivity contribution in [3.05, 3.63) is 30.1 Å². The molecule has 0 saturated carbocycles. The standard InChI is InChI=1S/C13H22N4S/c1-4-17(11-12-5-7-14-8-6-12)13(18)15-9-10-16(2)3/h5-8H,4,9-11H2,1-3H3,(H,15,18). The number of rotatable bonds is 6. The van der Waals surface area contributed by atoms with Crippen LogP contribution in [0.5, 0.6) is 0 Å². The molecule has 0 fully saturated rings. The first-order chi connectivity index (χ1) is 8.63. The lowest BCUT2D eigenvalue weighted by molar-refractivity contribution is 0.395. The minimum absolute atomic E-state index is 0.816. The zero-order valence-electron chi connectivity index (χ0n) is 11.4. The Morgan fingerprint density at radius 1 is 1.33 bits per heavy atom. The molecular formula is C13H22N4S. The van der Waals surface area contributed by atoms with Crippen molar-refractivity contribution in [2.24, 2.45) is 0 Å². The Bertz CT molecular complexity index is 353. The summed E-state index contributed by atoms with van der Waals surface area (Å²) in [5.74, 6) is 0. The molecule has 1 aromatic heterocycles. The SMILES string of the molecule is CCN(Cc1ccncc1)C(=S)NCCN(C)C. The molecule has 0 spiro atoms. The van der Waals surface area contributed by atoms with Gasteiger partial charge in [-0.3, -0.25) is 4.98 Å². The fraction of sp³-hybridized carbons (Fsp3) is 0.538. The van der Waals surface area contributed by atoms with Gasteiger partial charge in [0.25, 0.3) is 0 Å². The predicted molar refractivity (Wildman–Crippen MR) is 79.5 cm³/mol. The Kier molecular flexibility index (Phi) is 6.60. The van der Waals surface area contributed by atoms with Gasteiger partial charge in [0.15, 0.2) is 5.11 Å². The molecule has 0 aliphatic rings. The minimum atomic E-state index is 0.816. The normalized spacial score (nSPS) is 10.4. The number of nitrogens with one attached hydrogen (secondary N) is 1. The van der Waals surface area contributed by atoms with Crippen molar-refractivity contribution in [1.29, 1.82) is 0 Å². The van der Waals surface area contributed by atoms with E-state index in [1.807, 2.05) is 24.5 Å². The van der Waals surface area contributed by atoms with Crippen molar-refractivity contribution in [2.75, 3.05) is 33.7 Å². The Balaban J connectivity index is 2.43. The van der Waals surface area contributed by atoms with Gasteiger partial charge in [0.2, 0.25) is 0 Å². The molecule has 4 nitrogen and oxygen atoms in total. The van der Waals surface area contributed by atoms with Gasteiger partial charge in [-0.2, -0.15) is 0 Å². The van der Waals surface area contributed by atoms with Crippen molar-refractivity contribution in [3.63, 3.8) is 0 Å². The summed E-state index contributed by atoms with van der Waals surface area (Å²) in [5.41, 5.74) is 1.23. The number of thiocarbonyl (C=S) groups is 1. The van der Waals surface area contributed by atoms with Crippen molar-refractivity contribution in [1.82, 2.24) is 20.1 Å². The van der Waals surface area contributed by atoms with Crippen LogP contribution in [-0.2, 0) is 6.54 Å². The van der Waals surface area contributed by atoms with E-state index in [0.717, 1.165) is 31.3 Å². The van der Waals surface area contributed by atoms with Gasteiger partial charge in [-0.1, -0.05) is 0 Å². The topological polar surface area (TPSA) is 31.4 Å². The van der Waals surface area contributed by atoms with Gasteiger partial charge in [0.05, 0.1) is 0 Å². The predicted octanol–water partition coefficient (Wildman–Crippen LogP) is 1.34. The molecular weight excluding hydrogens is 244 g/mol. The molecule has 0 bridgehead atoms. The highest BCUT2D eigenvalue weighted by molar-refractivity contribution is 7.80. The average molecular weight is 266 g/mol. The zero-order chi connectivity index (χ0) is 13.4. The lowest BCUT2D eigenvalue weighted by atomic mass is 10.2. The van der Waals surface area contributed by atoms with E-state index < -0.39 is 0 Å². The molecule has 1 heterocycles. The van der Waals surface area contributed by atoms with Crippen LogP contribution in [0.25, 0.3) is 0 Å². The maximum atomic E-state index is 5.41. The van der Waals surface area contributed by atoms with Crippen LogP contribution in [0, 0.1) is 0 Å².